The molecule has 1 amide bonds. The zero-order valence-electron chi connectivity index (χ0n) is 9.11. The van der Waals surface area contributed by atoms with E-state index in [-0.39, 0.29) is 5.91 Å². The summed E-state index contributed by atoms with van der Waals surface area (Å²) >= 11 is 0. The van der Waals surface area contributed by atoms with Crippen molar-refractivity contribution in [2.75, 3.05) is 20.3 Å². The maximum atomic E-state index is 11.4. The van der Waals surface area contributed by atoms with Crippen LogP contribution in [-0.4, -0.2) is 43.4 Å². The molecule has 88 valence electrons. The van der Waals surface area contributed by atoms with Gasteiger partial charge in [0.25, 0.3) is 0 Å². The zero-order valence-corrected chi connectivity index (χ0v) is 9.11. The number of methoxy groups -OCH3 is 1. The van der Waals surface area contributed by atoms with Gasteiger partial charge in [0, 0.05) is 20.3 Å². The van der Waals surface area contributed by atoms with E-state index in [1.54, 1.807) is 7.11 Å². The summed E-state index contributed by atoms with van der Waals surface area (Å²) < 4.78 is 4.83. The van der Waals surface area contributed by atoms with Gasteiger partial charge in [-0.15, -0.1) is 0 Å². The number of nitrogens with two attached hydrogens (primary N) is 1. The summed E-state index contributed by atoms with van der Waals surface area (Å²) in [6, 6.07) is -0.545. The molecule has 2 unspecified atom stereocenters. The molecule has 0 heterocycles. The van der Waals surface area contributed by atoms with Crippen LogP contribution < -0.4 is 11.1 Å². The van der Waals surface area contributed by atoms with Crippen molar-refractivity contribution in [3.8, 4) is 0 Å². The summed E-state index contributed by atoms with van der Waals surface area (Å²) in [6.45, 7) is 0.782. The second-order valence-corrected chi connectivity index (χ2v) is 4.04. The maximum absolute atomic E-state index is 11.4. The molecule has 0 aromatic carbocycles. The predicted octanol–water partition coefficient (Wildman–Crippen LogP) is -0.763. The maximum Gasteiger partial charge on any atom is 0.237 e. The van der Waals surface area contributed by atoms with E-state index in [2.05, 4.69) is 5.32 Å². The van der Waals surface area contributed by atoms with Gasteiger partial charge in [0.1, 0.15) is 0 Å². The standard InChI is InChI=1S/C10H20N2O3/c1-15-5-4-8(11)10(14)12-6-9(13)7-2-3-7/h7-9,13H,2-6,11H2,1H3,(H,12,14). The van der Waals surface area contributed by atoms with Crippen LogP contribution in [0.4, 0.5) is 0 Å². The number of carbonyl (C=O) groups excluding carboxylic acids is 1. The topological polar surface area (TPSA) is 84.6 Å². The van der Waals surface area contributed by atoms with Crippen LogP contribution in [0.25, 0.3) is 0 Å². The monoisotopic (exact) mass is 216 g/mol. The Labute approximate surface area is 90.0 Å². The molecule has 1 aliphatic rings. The Bertz CT molecular complexity index is 207. The fraction of sp³-hybridized carbons (Fsp3) is 0.900. The molecule has 0 radical (unpaired) electrons. The van der Waals surface area contributed by atoms with Gasteiger partial charge in [0.2, 0.25) is 5.91 Å². The second-order valence-electron chi connectivity index (χ2n) is 4.04. The highest BCUT2D eigenvalue weighted by molar-refractivity contribution is 5.81. The van der Waals surface area contributed by atoms with Crippen LogP contribution >= 0.6 is 0 Å². The molecule has 0 spiro atoms. The average molecular weight is 216 g/mol. The van der Waals surface area contributed by atoms with Gasteiger partial charge in [-0.2, -0.15) is 0 Å². The first-order valence-electron chi connectivity index (χ1n) is 5.35. The number of aliphatic hydroxyl groups is 1. The molecule has 0 aliphatic heterocycles. The Kier molecular flexibility index (Phi) is 5.01. The summed E-state index contributed by atoms with van der Waals surface area (Å²) in [7, 11) is 1.57. The largest absolute Gasteiger partial charge is 0.391 e. The minimum Gasteiger partial charge on any atom is -0.391 e. The lowest BCUT2D eigenvalue weighted by molar-refractivity contribution is -0.123. The highest BCUT2D eigenvalue weighted by atomic mass is 16.5. The molecular formula is C10H20N2O3. The van der Waals surface area contributed by atoms with Crippen molar-refractivity contribution in [1.29, 1.82) is 0 Å². The summed E-state index contributed by atoms with van der Waals surface area (Å²) in [5.74, 6) is 0.159. The van der Waals surface area contributed by atoms with E-state index < -0.39 is 12.1 Å². The first-order chi connectivity index (χ1) is 7.15. The van der Waals surface area contributed by atoms with Gasteiger partial charge in [-0.3, -0.25) is 4.79 Å². The van der Waals surface area contributed by atoms with Crippen molar-refractivity contribution in [3.63, 3.8) is 0 Å². The average Bonchev–Trinajstić information content (AvgIpc) is 3.05. The SMILES string of the molecule is COCCC(N)C(=O)NCC(O)C1CC1. The van der Waals surface area contributed by atoms with Crippen molar-refractivity contribution in [3.05, 3.63) is 0 Å². The number of nitrogens with one attached hydrogen (secondary N) is 1. The molecule has 0 saturated heterocycles. The Morgan fingerprint density at radius 2 is 2.33 bits per heavy atom. The number of rotatable bonds is 7. The summed E-state index contributed by atoms with van der Waals surface area (Å²) in [5.41, 5.74) is 5.61. The molecule has 1 fully saturated rings. The number of carbonyl (C=O) groups is 1. The fourth-order valence-electron chi connectivity index (χ4n) is 1.36. The lowest BCUT2D eigenvalue weighted by Crippen LogP contribution is -2.44. The number of hydrogen-bond donors (Lipinski definition) is 3. The van der Waals surface area contributed by atoms with Crippen LogP contribution in [0.1, 0.15) is 19.3 Å². The van der Waals surface area contributed by atoms with Gasteiger partial charge in [0.15, 0.2) is 0 Å². The van der Waals surface area contributed by atoms with E-state index >= 15 is 0 Å². The number of hydrogen-bond acceptors (Lipinski definition) is 4. The molecule has 5 heteroatoms. The molecule has 1 rings (SSSR count). The Morgan fingerprint density at radius 1 is 1.67 bits per heavy atom. The third kappa shape index (κ3) is 4.59. The van der Waals surface area contributed by atoms with Crippen molar-refractivity contribution in [1.82, 2.24) is 5.32 Å². The van der Waals surface area contributed by atoms with Crippen molar-refractivity contribution in [2.24, 2.45) is 11.7 Å². The molecular weight excluding hydrogens is 196 g/mol. The number of ether oxygens (including phenoxy) is 1. The molecule has 0 aromatic heterocycles. The fourth-order valence-corrected chi connectivity index (χ4v) is 1.36. The molecule has 0 bridgehead atoms. The van der Waals surface area contributed by atoms with Crippen LogP contribution in [-0.2, 0) is 9.53 Å². The molecule has 0 aromatic rings. The van der Waals surface area contributed by atoms with E-state index in [1.807, 2.05) is 0 Å². The predicted molar refractivity (Wildman–Crippen MR) is 56.2 cm³/mol. The van der Waals surface area contributed by atoms with Crippen LogP contribution in [0.3, 0.4) is 0 Å². The zero-order chi connectivity index (χ0) is 11.3. The van der Waals surface area contributed by atoms with Crippen LogP contribution in [0.2, 0.25) is 0 Å². The molecule has 15 heavy (non-hydrogen) atoms. The van der Waals surface area contributed by atoms with E-state index in [4.69, 9.17) is 10.5 Å². The summed E-state index contributed by atoms with van der Waals surface area (Å²) in [6.07, 6.45) is 2.21. The van der Waals surface area contributed by atoms with Crippen LogP contribution in [0, 0.1) is 5.92 Å². The first kappa shape index (κ1) is 12.4. The minimum atomic E-state index is -0.545. The number of aliphatic hydroxyl groups excluding tert-OH is 1. The third-order valence-corrected chi connectivity index (χ3v) is 2.62. The van der Waals surface area contributed by atoms with Gasteiger partial charge in [-0.25, -0.2) is 0 Å². The van der Waals surface area contributed by atoms with Crippen molar-refractivity contribution < 1.29 is 14.6 Å². The molecule has 5 nitrogen and oxygen atoms in total. The first-order valence-corrected chi connectivity index (χ1v) is 5.35. The minimum absolute atomic E-state index is 0.216. The third-order valence-electron chi connectivity index (χ3n) is 2.62. The molecule has 1 aliphatic carbocycles. The molecule has 1 saturated carbocycles. The lowest BCUT2D eigenvalue weighted by Gasteiger charge is -2.14. The Morgan fingerprint density at radius 3 is 2.87 bits per heavy atom. The van der Waals surface area contributed by atoms with Crippen LogP contribution in [0.5, 0.6) is 0 Å². The van der Waals surface area contributed by atoms with Crippen LogP contribution in [0.15, 0.2) is 0 Å². The van der Waals surface area contributed by atoms with Crippen molar-refractivity contribution in [2.45, 2.75) is 31.4 Å². The normalized spacial score (nSPS) is 19.7. The number of amides is 1. The van der Waals surface area contributed by atoms with Gasteiger partial charge in [-0.05, 0) is 25.2 Å². The lowest BCUT2D eigenvalue weighted by atomic mass is 10.2. The highest BCUT2D eigenvalue weighted by Gasteiger charge is 2.29. The Balaban J connectivity index is 2.10. The van der Waals surface area contributed by atoms with E-state index in [0.29, 0.717) is 25.5 Å². The second kappa shape index (κ2) is 6.05. The summed E-state index contributed by atoms with van der Waals surface area (Å²) in [5, 5.41) is 12.2. The van der Waals surface area contributed by atoms with Gasteiger partial charge >= 0.3 is 0 Å². The molecule has 2 atom stereocenters. The Hall–Kier alpha value is -0.650. The highest BCUT2D eigenvalue weighted by Crippen LogP contribution is 2.32. The quantitative estimate of drug-likeness (QED) is 0.522. The van der Waals surface area contributed by atoms with Gasteiger partial charge in [-0.1, -0.05) is 0 Å². The summed E-state index contributed by atoms with van der Waals surface area (Å²) in [4.78, 5) is 11.4. The van der Waals surface area contributed by atoms with Gasteiger partial charge in [0.05, 0.1) is 12.1 Å². The van der Waals surface area contributed by atoms with Crippen molar-refractivity contribution >= 4 is 5.91 Å². The van der Waals surface area contributed by atoms with Gasteiger partial charge < -0.3 is 20.9 Å². The van der Waals surface area contributed by atoms with E-state index in [9.17, 15) is 9.90 Å². The smallest absolute Gasteiger partial charge is 0.237 e. The van der Waals surface area contributed by atoms with E-state index in [1.165, 1.54) is 0 Å². The van der Waals surface area contributed by atoms with E-state index in [0.717, 1.165) is 12.8 Å². The molecule has 4 N–H and O–H groups in total.